The highest BCUT2D eigenvalue weighted by Crippen LogP contribution is 2.32. The summed E-state index contributed by atoms with van der Waals surface area (Å²) in [4.78, 5) is 0. The predicted molar refractivity (Wildman–Crippen MR) is 84.3 cm³/mol. The van der Waals surface area contributed by atoms with Crippen molar-refractivity contribution in [3.8, 4) is 5.75 Å². The van der Waals surface area contributed by atoms with E-state index < -0.39 is 0 Å². The second-order valence-electron chi connectivity index (χ2n) is 5.24. The van der Waals surface area contributed by atoms with Gasteiger partial charge in [-0.05, 0) is 55.2 Å². The molecule has 0 heterocycles. The second-order valence-corrected chi connectivity index (χ2v) is 6.56. The third-order valence-electron chi connectivity index (χ3n) is 3.72. The number of thioether (sulfide) groups is 1. The first-order valence-electron chi connectivity index (χ1n) is 7.25. The van der Waals surface area contributed by atoms with Crippen LogP contribution in [0.3, 0.4) is 0 Å². The largest absolute Gasteiger partial charge is 0.497 e. The van der Waals surface area contributed by atoms with E-state index in [1.807, 2.05) is 11.8 Å². The number of hydrogen-bond acceptors (Lipinski definition) is 3. The minimum Gasteiger partial charge on any atom is -0.497 e. The Hall–Kier alpha value is -0.670. The molecule has 0 amide bonds. The minimum atomic E-state index is 0.516. The molecule has 2 atom stereocenters. The van der Waals surface area contributed by atoms with Gasteiger partial charge in [-0.3, -0.25) is 0 Å². The Balaban J connectivity index is 2.05. The van der Waals surface area contributed by atoms with Crippen LogP contribution in [0.4, 0.5) is 0 Å². The fourth-order valence-electron chi connectivity index (χ4n) is 2.78. The summed E-state index contributed by atoms with van der Waals surface area (Å²) in [5.41, 5.74) is 2.93. The molecule has 0 fully saturated rings. The zero-order valence-electron chi connectivity index (χ0n) is 12.2. The van der Waals surface area contributed by atoms with Gasteiger partial charge in [-0.2, -0.15) is 11.8 Å². The van der Waals surface area contributed by atoms with E-state index in [9.17, 15) is 0 Å². The lowest BCUT2D eigenvalue weighted by Gasteiger charge is -2.29. The Labute approximate surface area is 121 Å². The molecule has 2 unspecified atom stereocenters. The third-order valence-corrected chi connectivity index (χ3v) is 4.87. The summed E-state index contributed by atoms with van der Waals surface area (Å²) >= 11 is 2.01. The van der Waals surface area contributed by atoms with Crippen LogP contribution in [0.1, 0.15) is 43.9 Å². The molecule has 106 valence electrons. The van der Waals surface area contributed by atoms with Crippen LogP contribution in [-0.2, 0) is 6.42 Å². The molecule has 0 radical (unpaired) electrons. The van der Waals surface area contributed by atoms with Gasteiger partial charge >= 0.3 is 0 Å². The van der Waals surface area contributed by atoms with Gasteiger partial charge in [-0.25, -0.2) is 0 Å². The normalized spacial score (nSPS) is 19.8. The summed E-state index contributed by atoms with van der Waals surface area (Å²) in [6, 6.07) is 7.62. The number of ether oxygens (including phenoxy) is 1. The molecule has 3 heteroatoms. The van der Waals surface area contributed by atoms with Gasteiger partial charge in [0.15, 0.2) is 0 Å². The predicted octanol–water partition coefficient (Wildman–Crippen LogP) is 3.80. The molecule has 0 saturated carbocycles. The maximum absolute atomic E-state index is 5.33. The number of aryl methyl sites for hydroxylation is 1. The van der Waals surface area contributed by atoms with Gasteiger partial charge in [0.2, 0.25) is 0 Å². The molecule has 0 saturated heterocycles. The maximum atomic E-state index is 5.33. The standard InChI is InChI=1S/C16H25NOS/c1-4-19-11-12(2)17-16-7-5-6-13-10-14(18-3)8-9-15(13)16/h8-10,12,16-17H,4-7,11H2,1-3H3. The molecule has 0 bridgehead atoms. The fourth-order valence-corrected chi connectivity index (χ4v) is 3.46. The van der Waals surface area contributed by atoms with Gasteiger partial charge in [0.25, 0.3) is 0 Å². The molecule has 0 aliphatic heterocycles. The molecule has 2 rings (SSSR count). The van der Waals surface area contributed by atoms with E-state index in [4.69, 9.17) is 4.74 Å². The maximum Gasteiger partial charge on any atom is 0.119 e. The number of benzene rings is 1. The smallest absolute Gasteiger partial charge is 0.119 e. The number of nitrogens with one attached hydrogen (secondary N) is 1. The second kappa shape index (κ2) is 7.20. The van der Waals surface area contributed by atoms with Crippen molar-refractivity contribution in [2.24, 2.45) is 0 Å². The van der Waals surface area contributed by atoms with Crippen molar-refractivity contribution in [3.05, 3.63) is 29.3 Å². The van der Waals surface area contributed by atoms with E-state index in [0.29, 0.717) is 12.1 Å². The van der Waals surface area contributed by atoms with Crippen molar-refractivity contribution < 1.29 is 4.74 Å². The molecule has 19 heavy (non-hydrogen) atoms. The van der Waals surface area contributed by atoms with Gasteiger partial charge in [-0.15, -0.1) is 0 Å². The fraction of sp³-hybridized carbons (Fsp3) is 0.625. The van der Waals surface area contributed by atoms with Crippen LogP contribution in [0.25, 0.3) is 0 Å². The molecule has 0 aromatic heterocycles. The van der Waals surface area contributed by atoms with Crippen molar-refractivity contribution in [2.75, 3.05) is 18.6 Å². The monoisotopic (exact) mass is 279 g/mol. The summed E-state index contributed by atoms with van der Waals surface area (Å²) in [5.74, 6) is 3.37. The Bertz CT molecular complexity index is 408. The van der Waals surface area contributed by atoms with E-state index in [2.05, 4.69) is 37.4 Å². The highest BCUT2D eigenvalue weighted by Gasteiger charge is 2.21. The molecule has 1 N–H and O–H groups in total. The lowest BCUT2D eigenvalue weighted by Crippen LogP contribution is -2.34. The van der Waals surface area contributed by atoms with E-state index in [1.165, 1.54) is 41.9 Å². The average molecular weight is 279 g/mol. The van der Waals surface area contributed by atoms with Crippen LogP contribution >= 0.6 is 11.8 Å². The van der Waals surface area contributed by atoms with Crippen LogP contribution < -0.4 is 10.1 Å². The van der Waals surface area contributed by atoms with Crippen molar-refractivity contribution >= 4 is 11.8 Å². The van der Waals surface area contributed by atoms with Crippen LogP contribution in [0.5, 0.6) is 5.75 Å². The average Bonchev–Trinajstić information content (AvgIpc) is 2.44. The third kappa shape index (κ3) is 3.90. The summed E-state index contributed by atoms with van der Waals surface area (Å²) in [5, 5.41) is 3.79. The molecule has 1 aromatic rings. The molecular formula is C16H25NOS. The first kappa shape index (κ1) is 14.7. The Kier molecular flexibility index (Phi) is 5.59. The van der Waals surface area contributed by atoms with E-state index >= 15 is 0 Å². The number of fused-ring (bicyclic) bond motifs is 1. The Morgan fingerprint density at radius 1 is 1.47 bits per heavy atom. The quantitative estimate of drug-likeness (QED) is 0.855. The van der Waals surface area contributed by atoms with E-state index in [-0.39, 0.29) is 0 Å². The van der Waals surface area contributed by atoms with E-state index in [1.54, 1.807) is 7.11 Å². The number of rotatable bonds is 6. The first-order valence-corrected chi connectivity index (χ1v) is 8.40. The van der Waals surface area contributed by atoms with Crippen molar-refractivity contribution in [1.29, 1.82) is 0 Å². The highest BCUT2D eigenvalue weighted by molar-refractivity contribution is 7.99. The first-order chi connectivity index (χ1) is 9.24. The minimum absolute atomic E-state index is 0.516. The van der Waals surface area contributed by atoms with Crippen molar-refractivity contribution in [3.63, 3.8) is 0 Å². The molecular weight excluding hydrogens is 254 g/mol. The summed E-state index contributed by atoms with van der Waals surface area (Å²) in [7, 11) is 1.74. The van der Waals surface area contributed by atoms with Gasteiger partial charge < -0.3 is 10.1 Å². The van der Waals surface area contributed by atoms with Crippen LogP contribution in [0.2, 0.25) is 0 Å². The van der Waals surface area contributed by atoms with Gasteiger partial charge in [0.05, 0.1) is 7.11 Å². The molecule has 1 aliphatic carbocycles. The van der Waals surface area contributed by atoms with Crippen LogP contribution in [0.15, 0.2) is 18.2 Å². The van der Waals surface area contributed by atoms with Gasteiger partial charge in [-0.1, -0.05) is 13.0 Å². The summed E-state index contributed by atoms with van der Waals surface area (Å²) in [6.45, 7) is 4.51. The lowest BCUT2D eigenvalue weighted by molar-refractivity contribution is 0.406. The zero-order valence-corrected chi connectivity index (χ0v) is 13.1. The molecule has 0 spiro atoms. The summed E-state index contributed by atoms with van der Waals surface area (Å²) in [6.07, 6.45) is 3.70. The van der Waals surface area contributed by atoms with Gasteiger partial charge in [0, 0.05) is 17.8 Å². The highest BCUT2D eigenvalue weighted by atomic mass is 32.2. The molecule has 1 aliphatic rings. The lowest BCUT2D eigenvalue weighted by atomic mass is 9.87. The van der Waals surface area contributed by atoms with Crippen LogP contribution in [-0.4, -0.2) is 24.7 Å². The van der Waals surface area contributed by atoms with E-state index in [0.717, 1.165) is 5.75 Å². The number of hydrogen-bond donors (Lipinski definition) is 1. The number of methoxy groups -OCH3 is 1. The van der Waals surface area contributed by atoms with Crippen molar-refractivity contribution in [1.82, 2.24) is 5.32 Å². The summed E-state index contributed by atoms with van der Waals surface area (Å²) < 4.78 is 5.33. The molecule has 2 nitrogen and oxygen atoms in total. The van der Waals surface area contributed by atoms with Gasteiger partial charge in [0.1, 0.15) is 5.75 Å². The van der Waals surface area contributed by atoms with Crippen LogP contribution in [0, 0.1) is 0 Å². The zero-order chi connectivity index (χ0) is 13.7. The van der Waals surface area contributed by atoms with Crippen molar-refractivity contribution in [2.45, 2.75) is 45.2 Å². The Morgan fingerprint density at radius 2 is 2.32 bits per heavy atom. The SMILES string of the molecule is CCSCC(C)NC1CCCc2cc(OC)ccc21. The Morgan fingerprint density at radius 3 is 3.05 bits per heavy atom. The molecule has 1 aromatic carbocycles. The topological polar surface area (TPSA) is 21.3 Å².